The monoisotopic (exact) mass is 378 g/mol. The first-order valence-corrected chi connectivity index (χ1v) is 8.97. The fourth-order valence-corrected chi connectivity index (χ4v) is 3.22. The Bertz CT molecular complexity index is 773. The molecule has 7 nitrogen and oxygen atoms in total. The third-order valence-electron chi connectivity index (χ3n) is 4.46. The molecule has 1 amide bonds. The molecule has 2 aliphatic rings. The van der Waals surface area contributed by atoms with Crippen LogP contribution in [0.1, 0.15) is 48.9 Å². The van der Waals surface area contributed by atoms with E-state index in [1.165, 1.54) is 12.1 Å². The molecule has 1 aromatic rings. The first kappa shape index (κ1) is 18.4. The van der Waals surface area contributed by atoms with Crippen LogP contribution in [0.25, 0.3) is 0 Å². The summed E-state index contributed by atoms with van der Waals surface area (Å²) >= 11 is 5.93. The second kappa shape index (κ2) is 7.86. The Morgan fingerprint density at radius 2 is 2.08 bits per heavy atom. The second-order valence-electron chi connectivity index (χ2n) is 6.43. The van der Waals surface area contributed by atoms with E-state index < -0.39 is 17.5 Å². The van der Waals surface area contributed by atoms with Crippen molar-refractivity contribution in [3.63, 3.8) is 0 Å². The lowest BCUT2D eigenvalue weighted by atomic mass is 10.0. The summed E-state index contributed by atoms with van der Waals surface area (Å²) in [5, 5.41) is 10.9. The van der Waals surface area contributed by atoms with Crippen LogP contribution in [0.3, 0.4) is 0 Å². The van der Waals surface area contributed by atoms with Crippen LogP contribution in [0.5, 0.6) is 0 Å². The Morgan fingerprint density at radius 3 is 2.69 bits per heavy atom. The first-order chi connectivity index (χ1) is 12.5. The van der Waals surface area contributed by atoms with E-state index >= 15 is 0 Å². The molecule has 0 unspecified atom stereocenters. The molecule has 0 radical (unpaired) electrons. The van der Waals surface area contributed by atoms with Gasteiger partial charge in [-0.2, -0.15) is 0 Å². The molecule has 0 aliphatic heterocycles. The molecule has 0 heterocycles. The van der Waals surface area contributed by atoms with Gasteiger partial charge in [-0.3, -0.25) is 14.9 Å². The van der Waals surface area contributed by atoms with Gasteiger partial charge in [0.2, 0.25) is 0 Å². The van der Waals surface area contributed by atoms with Crippen molar-refractivity contribution in [2.75, 3.05) is 6.61 Å². The number of ether oxygens (including phenoxy) is 1. The van der Waals surface area contributed by atoms with Crippen LogP contribution in [-0.2, 0) is 9.53 Å². The van der Waals surface area contributed by atoms with Crippen LogP contribution in [0, 0.1) is 10.1 Å². The number of hydrogen-bond acceptors (Lipinski definition) is 5. The number of carbonyl (C=O) groups is 2. The summed E-state index contributed by atoms with van der Waals surface area (Å²) in [4.78, 5) is 36.8. The third kappa shape index (κ3) is 4.22. The zero-order valence-electron chi connectivity index (χ0n) is 14.2. The van der Waals surface area contributed by atoms with Gasteiger partial charge in [0, 0.05) is 23.9 Å². The number of allylic oxidation sites excluding steroid dienone is 2. The number of hydrogen-bond donors (Lipinski definition) is 0. The minimum absolute atomic E-state index is 0.0436. The van der Waals surface area contributed by atoms with Gasteiger partial charge in [0.15, 0.2) is 6.61 Å². The molecule has 3 rings (SSSR count). The molecule has 0 bridgehead atoms. The van der Waals surface area contributed by atoms with E-state index in [0.717, 1.165) is 50.3 Å². The number of esters is 1. The Morgan fingerprint density at radius 1 is 1.31 bits per heavy atom. The maximum Gasteiger partial charge on any atom is 0.340 e. The van der Waals surface area contributed by atoms with Crippen molar-refractivity contribution in [2.45, 2.75) is 44.6 Å². The molecule has 8 heteroatoms. The summed E-state index contributed by atoms with van der Waals surface area (Å²) in [6.45, 7) is -0.411. The first-order valence-electron chi connectivity index (χ1n) is 8.59. The Balaban J connectivity index is 1.66. The van der Waals surface area contributed by atoms with Gasteiger partial charge < -0.3 is 9.64 Å². The molecule has 0 atom stereocenters. The minimum atomic E-state index is -0.847. The van der Waals surface area contributed by atoms with Gasteiger partial charge in [-0.1, -0.05) is 17.7 Å². The average Bonchev–Trinajstić information content (AvgIpc) is 3.46. The second-order valence-corrected chi connectivity index (χ2v) is 6.84. The van der Waals surface area contributed by atoms with Gasteiger partial charge in [0.05, 0.1) is 15.5 Å². The Labute approximate surface area is 155 Å². The van der Waals surface area contributed by atoms with E-state index in [2.05, 4.69) is 6.08 Å². The van der Waals surface area contributed by atoms with Gasteiger partial charge in [-0.05, 0) is 44.6 Å². The molecule has 0 saturated heterocycles. The van der Waals surface area contributed by atoms with E-state index in [-0.39, 0.29) is 28.2 Å². The molecule has 0 aromatic heterocycles. The number of benzene rings is 1. The van der Waals surface area contributed by atoms with Gasteiger partial charge in [-0.25, -0.2) is 4.79 Å². The van der Waals surface area contributed by atoms with E-state index in [0.29, 0.717) is 0 Å². The number of halogens is 1. The largest absolute Gasteiger partial charge is 0.452 e. The highest BCUT2D eigenvalue weighted by atomic mass is 35.5. The number of amides is 1. The average molecular weight is 379 g/mol. The summed E-state index contributed by atoms with van der Waals surface area (Å²) < 4.78 is 5.09. The SMILES string of the molecule is O=C(OCC(=O)N(C1=CCCCC1)C1CC1)c1cc([N+](=O)[O-])ccc1Cl. The number of nitrogens with zero attached hydrogens (tertiary/aromatic N) is 2. The van der Waals surface area contributed by atoms with Crippen molar-refractivity contribution in [3.8, 4) is 0 Å². The standard InChI is InChI=1S/C18H19ClN2O5/c19-16-9-8-14(21(24)25)10-15(16)18(23)26-11-17(22)20(13-6-7-13)12-4-2-1-3-5-12/h4,8-10,13H,1-3,5-7,11H2. The Hall–Kier alpha value is -2.41. The lowest BCUT2D eigenvalue weighted by Crippen LogP contribution is -2.36. The van der Waals surface area contributed by atoms with E-state index in [4.69, 9.17) is 16.3 Å². The Kier molecular flexibility index (Phi) is 5.56. The van der Waals surface area contributed by atoms with Crippen LogP contribution in [0.2, 0.25) is 5.02 Å². The number of carbonyl (C=O) groups excluding carboxylic acids is 2. The van der Waals surface area contributed by atoms with Gasteiger partial charge >= 0.3 is 5.97 Å². The van der Waals surface area contributed by atoms with Crippen molar-refractivity contribution >= 4 is 29.2 Å². The number of nitro benzene ring substituents is 1. The highest BCUT2D eigenvalue weighted by Crippen LogP contribution is 2.33. The topological polar surface area (TPSA) is 89.8 Å². The minimum Gasteiger partial charge on any atom is -0.452 e. The van der Waals surface area contributed by atoms with Crippen molar-refractivity contribution in [3.05, 3.63) is 50.7 Å². The van der Waals surface area contributed by atoms with Crippen LogP contribution >= 0.6 is 11.6 Å². The number of non-ortho nitro benzene ring substituents is 1. The molecule has 2 aliphatic carbocycles. The maximum absolute atomic E-state index is 12.6. The summed E-state index contributed by atoms with van der Waals surface area (Å²) in [5.41, 5.74) is 0.622. The third-order valence-corrected chi connectivity index (χ3v) is 4.79. The molecule has 26 heavy (non-hydrogen) atoms. The van der Waals surface area contributed by atoms with Crippen LogP contribution in [0.15, 0.2) is 30.0 Å². The molecule has 0 N–H and O–H groups in total. The highest BCUT2D eigenvalue weighted by molar-refractivity contribution is 6.33. The van der Waals surface area contributed by atoms with Gasteiger partial charge in [0.1, 0.15) is 0 Å². The summed E-state index contributed by atoms with van der Waals surface area (Å²) in [6, 6.07) is 3.71. The summed E-state index contributed by atoms with van der Waals surface area (Å²) in [6.07, 6.45) is 7.96. The lowest BCUT2D eigenvalue weighted by Gasteiger charge is -2.27. The zero-order chi connectivity index (χ0) is 18.7. The fourth-order valence-electron chi connectivity index (χ4n) is 3.03. The maximum atomic E-state index is 12.6. The number of rotatable bonds is 6. The van der Waals surface area contributed by atoms with E-state index in [9.17, 15) is 19.7 Å². The van der Waals surface area contributed by atoms with Crippen molar-refractivity contribution in [2.24, 2.45) is 0 Å². The fraction of sp³-hybridized carbons (Fsp3) is 0.444. The molecule has 1 saturated carbocycles. The normalized spacial score (nSPS) is 16.6. The number of nitro groups is 1. The van der Waals surface area contributed by atoms with E-state index in [1.54, 1.807) is 4.90 Å². The van der Waals surface area contributed by atoms with Crippen molar-refractivity contribution in [1.29, 1.82) is 0 Å². The van der Waals surface area contributed by atoms with E-state index in [1.807, 2.05) is 0 Å². The van der Waals surface area contributed by atoms with Gasteiger partial charge in [-0.15, -0.1) is 0 Å². The predicted octanol–water partition coefficient (Wildman–Crippen LogP) is 3.85. The van der Waals surface area contributed by atoms with Crippen molar-refractivity contribution < 1.29 is 19.2 Å². The molecule has 1 aromatic carbocycles. The summed E-state index contributed by atoms with van der Waals surface area (Å²) in [7, 11) is 0. The van der Waals surface area contributed by atoms with Crippen LogP contribution in [-0.4, -0.2) is 34.3 Å². The van der Waals surface area contributed by atoms with Crippen LogP contribution < -0.4 is 0 Å². The molecule has 138 valence electrons. The molecule has 1 fully saturated rings. The highest BCUT2D eigenvalue weighted by Gasteiger charge is 2.35. The molecular formula is C18H19ClN2O5. The van der Waals surface area contributed by atoms with Crippen molar-refractivity contribution in [1.82, 2.24) is 4.90 Å². The smallest absolute Gasteiger partial charge is 0.340 e. The lowest BCUT2D eigenvalue weighted by molar-refractivity contribution is -0.384. The predicted molar refractivity (Wildman–Crippen MR) is 94.8 cm³/mol. The summed E-state index contributed by atoms with van der Waals surface area (Å²) in [5.74, 6) is -1.11. The molecule has 0 spiro atoms. The molecular weight excluding hydrogens is 360 g/mol. The van der Waals surface area contributed by atoms with Gasteiger partial charge in [0.25, 0.3) is 11.6 Å². The zero-order valence-corrected chi connectivity index (χ0v) is 14.9. The van der Waals surface area contributed by atoms with Crippen LogP contribution in [0.4, 0.5) is 5.69 Å². The quantitative estimate of drug-likeness (QED) is 0.426.